The lowest BCUT2D eigenvalue weighted by Crippen LogP contribution is -2.34. The van der Waals surface area contributed by atoms with Gasteiger partial charge in [0.05, 0.1) is 23.0 Å². The van der Waals surface area contributed by atoms with Crippen LogP contribution in [0.15, 0.2) is 47.1 Å². The normalized spacial score (nSPS) is 20.4. The monoisotopic (exact) mass is 374 g/mol. The maximum absolute atomic E-state index is 12.6. The number of nitrogens with zero attached hydrogens (tertiary/aromatic N) is 1. The number of nitrogens with one attached hydrogen (secondary N) is 1. The maximum Gasteiger partial charge on any atom is 0.307 e. The number of fused-ring (bicyclic) bond motifs is 1. The lowest BCUT2D eigenvalue weighted by atomic mass is 9.82. The van der Waals surface area contributed by atoms with E-state index in [0.29, 0.717) is 24.0 Å². The highest BCUT2D eigenvalue weighted by Gasteiger charge is 2.34. The molecule has 118 valence electrons. The van der Waals surface area contributed by atoms with Crippen LogP contribution >= 0.6 is 15.9 Å². The van der Waals surface area contributed by atoms with Crippen LogP contribution in [0.3, 0.4) is 0 Å². The molecule has 0 aliphatic heterocycles. The van der Waals surface area contributed by atoms with Crippen molar-refractivity contribution < 1.29 is 14.7 Å². The van der Waals surface area contributed by atoms with Crippen LogP contribution < -0.4 is 5.32 Å². The third-order valence-electron chi connectivity index (χ3n) is 4.06. The number of carbonyl (C=O) groups is 2. The summed E-state index contributed by atoms with van der Waals surface area (Å²) in [5.74, 6) is -2.47. The van der Waals surface area contributed by atoms with Crippen molar-refractivity contribution >= 4 is 44.4 Å². The summed E-state index contributed by atoms with van der Waals surface area (Å²) in [7, 11) is 0. The second-order valence-corrected chi connectivity index (χ2v) is 6.33. The quantitative estimate of drug-likeness (QED) is 0.804. The van der Waals surface area contributed by atoms with Crippen LogP contribution in [-0.4, -0.2) is 22.0 Å². The Morgan fingerprint density at radius 3 is 2.65 bits per heavy atom. The van der Waals surface area contributed by atoms with Crippen molar-refractivity contribution in [3.05, 3.63) is 47.1 Å². The summed E-state index contributed by atoms with van der Waals surface area (Å²) < 4.78 is 0.891. The number of carbonyl (C=O) groups excluding carboxylic acids is 1. The molecule has 1 aromatic heterocycles. The van der Waals surface area contributed by atoms with E-state index < -0.39 is 17.8 Å². The molecule has 0 spiro atoms. The minimum atomic E-state index is -0.937. The zero-order valence-corrected chi connectivity index (χ0v) is 13.8. The lowest BCUT2D eigenvalue weighted by molar-refractivity contribution is -0.146. The number of amides is 1. The van der Waals surface area contributed by atoms with E-state index in [1.807, 2.05) is 30.4 Å². The van der Waals surface area contributed by atoms with Gasteiger partial charge in [-0.25, -0.2) is 0 Å². The number of aliphatic carboxylic acids is 1. The molecule has 0 saturated heterocycles. The van der Waals surface area contributed by atoms with Crippen molar-refractivity contribution in [3.63, 3.8) is 0 Å². The molecule has 3 rings (SSSR count). The molecular weight excluding hydrogens is 360 g/mol. The molecule has 5 nitrogen and oxygen atoms in total. The second kappa shape index (κ2) is 6.50. The Kier molecular flexibility index (Phi) is 4.43. The molecule has 1 aliphatic carbocycles. The molecule has 2 aromatic rings. The average Bonchev–Trinajstić information content (AvgIpc) is 2.57. The fourth-order valence-electron chi connectivity index (χ4n) is 2.84. The molecule has 1 aromatic carbocycles. The van der Waals surface area contributed by atoms with Gasteiger partial charge in [0.15, 0.2) is 0 Å². The van der Waals surface area contributed by atoms with Crippen molar-refractivity contribution in [2.75, 3.05) is 5.32 Å². The summed E-state index contributed by atoms with van der Waals surface area (Å²) in [5, 5.41) is 13.0. The topological polar surface area (TPSA) is 79.3 Å². The van der Waals surface area contributed by atoms with Crippen LogP contribution in [0, 0.1) is 11.8 Å². The Labute approximate surface area is 141 Å². The third kappa shape index (κ3) is 3.12. The van der Waals surface area contributed by atoms with Crippen molar-refractivity contribution in [1.29, 1.82) is 0 Å². The van der Waals surface area contributed by atoms with Crippen molar-refractivity contribution in [2.45, 2.75) is 12.8 Å². The van der Waals surface area contributed by atoms with E-state index in [4.69, 9.17) is 0 Å². The van der Waals surface area contributed by atoms with E-state index in [0.717, 1.165) is 9.86 Å². The molecule has 0 fully saturated rings. The molecule has 1 heterocycles. The van der Waals surface area contributed by atoms with Gasteiger partial charge in [-0.15, -0.1) is 0 Å². The van der Waals surface area contributed by atoms with Gasteiger partial charge in [-0.3, -0.25) is 14.6 Å². The Balaban J connectivity index is 1.90. The Morgan fingerprint density at radius 2 is 1.91 bits per heavy atom. The zero-order chi connectivity index (χ0) is 16.4. The van der Waals surface area contributed by atoms with Crippen LogP contribution in [0.5, 0.6) is 0 Å². The standard InChI is InChI=1S/C17H15BrN2O3/c18-13-7-8-14(15-12(13)6-3-9-19-15)20-16(21)10-4-1-2-5-11(10)17(22)23/h1-3,6-11H,4-5H2,(H,20,21)(H,22,23)/t10-,11-/m0/s1. The lowest BCUT2D eigenvalue weighted by Gasteiger charge is -2.24. The van der Waals surface area contributed by atoms with Gasteiger partial charge >= 0.3 is 5.97 Å². The average molecular weight is 375 g/mol. The fourth-order valence-corrected chi connectivity index (χ4v) is 3.29. The number of hydrogen-bond acceptors (Lipinski definition) is 3. The van der Waals surface area contributed by atoms with Crippen molar-refractivity contribution in [2.24, 2.45) is 11.8 Å². The predicted octanol–water partition coefficient (Wildman–Crippen LogP) is 3.60. The zero-order valence-electron chi connectivity index (χ0n) is 12.2. The summed E-state index contributed by atoms with van der Waals surface area (Å²) in [6.07, 6.45) is 6.16. The molecule has 0 unspecified atom stereocenters. The summed E-state index contributed by atoms with van der Waals surface area (Å²) in [6, 6.07) is 7.34. The Hall–Kier alpha value is -2.21. The summed E-state index contributed by atoms with van der Waals surface area (Å²) in [5.41, 5.74) is 1.26. The van der Waals surface area contributed by atoms with Crippen molar-refractivity contribution in [1.82, 2.24) is 4.98 Å². The molecule has 0 bridgehead atoms. The van der Waals surface area contributed by atoms with Gasteiger partial charge in [-0.05, 0) is 31.0 Å². The van der Waals surface area contributed by atoms with E-state index in [1.165, 1.54) is 0 Å². The SMILES string of the molecule is O=C(O)[C@H]1CC=CC[C@@H]1C(=O)Nc1ccc(Br)c2cccnc12. The minimum absolute atomic E-state index is 0.281. The highest BCUT2D eigenvalue weighted by atomic mass is 79.9. The van der Waals surface area contributed by atoms with Gasteiger partial charge in [0.1, 0.15) is 0 Å². The third-order valence-corrected chi connectivity index (χ3v) is 4.75. The molecular formula is C17H15BrN2O3. The van der Waals surface area contributed by atoms with Gasteiger partial charge in [0, 0.05) is 16.1 Å². The van der Waals surface area contributed by atoms with Crippen LogP contribution in [-0.2, 0) is 9.59 Å². The molecule has 1 amide bonds. The highest BCUT2D eigenvalue weighted by molar-refractivity contribution is 9.10. The molecule has 6 heteroatoms. The molecule has 0 saturated carbocycles. The number of hydrogen-bond donors (Lipinski definition) is 2. The first-order chi connectivity index (χ1) is 11.1. The number of aromatic nitrogens is 1. The van der Waals surface area contributed by atoms with Gasteiger partial charge in [-0.2, -0.15) is 0 Å². The maximum atomic E-state index is 12.6. The van der Waals surface area contributed by atoms with E-state index in [1.54, 1.807) is 12.3 Å². The Bertz CT molecular complexity index is 804. The first kappa shape index (κ1) is 15.7. The fraction of sp³-hybridized carbons (Fsp3) is 0.235. The number of pyridine rings is 1. The number of carboxylic acids is 1. The molecule has 2 atom stereocenters. The molecule has 0 radical (unpaired) electrons. The summed E-state index contributed by atoms with van der Waals surface area (Å²) >= 11 is 3.46. The van der Waals surface area contributed by atoms with E-state index in [9.17, 15) is 14.7 Å². The van der Waals surface area contributed by atoms with Crippen molar-refractivity contribution in [3.8, 4) is 0 Å². The van der Waals surface area contributed by atoms with Crippen LogP contribution in [0.4, 0.5) is 5.69 Å². The smallest absolute Gasteiger partial charge is 0.307 e. The number of benzene rings is 1. The largest absolute Gasteiger partial charge is 0.481 e. The molecule has 23 heavy (non-hydrogen) atoms. The van der Waals surface area contributed by atoms with Crippen LogP contribution in [0.25, 0.3) is 10.9 Å². The number of anilines is 1. The van der Waals surface area contributed by atoms with E-state index >= 15 is 0 Å². The van der Waals surface area contributed by atoms with E-state index in [-0.39, 0.29) is 5.91 Å². The van der Waals surface area contributed by atoms with Gasteiger partial charge in [-0.1, -0.05) is 34.1 Å². The van der Waals surface area contributed by atoms with Crippen LogP contribution in [0.2, 0.25) is 0 Å². The van der Waals surface area contributed by atoms with Gasteiger partial charge < -0.3 is 10.4 Å². The first-order valence-corrected chi connectivity index (χ1v) is 8.09. The van der Waals surface area contributed by atoms with Gasteiger partial charge in [0.2, 0.25) is 5.91 Å². The molecule has 2 N–H and O–H groups in total. The number of carboxylic acid groups (broad SMARTS) is 1. The van der Waals surface area contributed by atoms with Gasteiger partial charge in [0.25, 0.3) is 0 Å². The molecule has 1 aliphatic rings. The first-order valence-electron chi connectivity index (χ1n) is 7.30. The Morgan fingerprint density at radius 1 is 1.17 bits per heavy atom. The predicted molar refractivity (Wildman–Crippen MR) is 91.1 cm³/mol. The summed E-state index contributed by atoms with van der Waals surface area (Å²) in [4.78, 5) is 28.2. The second-order valence-electron chi connectivity index (χ2n) is 5.48. The number of rotatable bonds is 3. The summed E-state index contributed by atoms with van der Waals surface area (Å²) in [6.45, 7) is 0. The van der Waals surface area contributed by atoms with Crippen LogP contribution in [0.1, 0.15) is 12.8 Å². The van der Waals surface area contributed by atoms with E-state index in [2.05, 4.69) is 26.2 Å². The minimum Gasteiger partial charge on any atom is -0.481 e. The number of allylic oxidation sites excluding steroid dienone is 2. The highest BCUT2D eigenvalue weighted by Crippen LogP contribution is 2.31. The number of halogens is 1.